The fourth-order valence-electron chi connectivity index (χ4n) is 5.05. The molecule has 0 bridgehead atoms. The van der Waals surface area contributed by atoms with Crippen molar-refractivity contribution in [2.75, 3.05) is 18.1 Å². The summed E-state index contributed by atoms with van der Waals surface area (Å²) in [6.45, 7) is 11.8. The summed E-state index contributed by atoms with van der Waals surface area (Å²) >= 11 is 0. The standard InChI is InChI=1S/C33H42F2N2O4Si.H2O4S/c1-33(2,3)42(4,5)41-30(22-7-9-23(34)10-8-22)18-17-28-31(37(32(28)39)25-13-11-24(35)12-14-25)27-16-15-26(21-29(27)38)40-20-6-19-36;1-5(2,3)4/h7-16,21,28,30-31,38H,6,17-20,36H2,1-5H3;(H2,1,2,3,4). The number of nitrogens with zero attached hydrogens (tertiary/aromatic N) is 1. The van der Waals surface area contributed by atoms with Crippen LogP contribution in [-0.4, -0.2) is 50.0 Å². The molecule has 0 radical (unpaired) electrons. The number of phenolic OH excluding ortho intramolecular Hbond substituents is 1. The number of hydrogen-bond acceptors (Lipinski definition) is 7. The van der Waals surface area contributed by atoms with Crippen LogP contribution >= 0.6 is 0 Å². The Hall–Kier alpha value is -3.40. The molecule has 1 saturated heterocycles. The molecule has 0 saturated carbocycles. The highest BCUT2D eigenvalue weighted by molar-refractivity contribution is 7.79. The summed E-state index contributed by atoms with van der Waals surface area (Å²) in [7, 11) is -6.88. The van der Waals surface area contributed by atoms with E-state index in [2.05, 4.69) is 33.9 Å². The van der Waals surface area contributed by atoms with Gasteiger partial charge in [-0.05, 0) is 98.0 Å². The number of halogens is 2. The topological polar surface area (TPSA) is 160 Å². The Kier molecular flexibility index (Phi) is 12.7. The maximum absolute atomic E-state index is 13.8. The molecule has 4 rings (SSSR count). The second kappa shape index (κ2) is 15.7. The van der Waals surface area contributed by atoms with Crippen LogP contribution in [0.2, 0.25) is 18.1 Å². The van der Waals surface area contributed by atoms with Gasteiger partial charge in [-0.3, -0.25) is 13.9 Å². The summed E-state index contributed by atoms with van der Waals surface area (Å²) in [5.41, 5.74) is 7.55. The first-order valence-electron chi connectivity index (χ1n) is 15.2. The van der Waals surface area contributed by atoms with E-state index in [9.17, 15) is 18.7 Å². The second-order valence-electron chi connectivity index (χ2n) is 12.9. The zero-order valence-corrected chi connectivity index (χ0v) is 29.0. The first-order chi connectivity index (χ1) is 21.8. The molecule has 1 aliphatic heterocycles. The van der Waals surface area contributed by atoms with E-state index in [-0.39, 0.29) is 28.6 Å². The third kappa shape index (κ3) is 10.5. The van der Waals surface area contributed by atoms with Crippen LogP contribution < -0.4 is 15.4 Å². The summed E-state index contributed by atoms with van der Waals surface area (Å²) in [5, 5.41) is 11.0. The first-order valence-corrected chi connectivity index (χ1v) is 19.5. The third-order valence-electron chi connectivity index (χ3n) is 8.48. The highest BCUT2D eigenvalue weighted by atomic mass is 32.3. The van der Waals surface area contributed by atoms with Gasteiger partial charge in [-0.1, -0.05) is 32.9 Å². The molecule has 0 aliphatic carbocycles. The van der Waals surface area contributed by atoms with Crippen LogP contribution in [0.15, 0.2) is 66.7 Å². The minimum atomic E-state index is -4.67. The van der Waals surface area contributed by atoms with Gasteiger partial charge < -0.3 is 24.9 Å². The molecule has 3 aromatic carbocycles. The highest BCUT2D eigenvalue weighted by Gasteiger charge is 2.50. The Morgan fingerprint density at radius 2 is 1.53 bits per heavy atom. The van der Waals surface area contributed by atoms with E-state index in [1.54, 1.807) is 47.4 Å². The van der Waals surface area contributed by atoms with Gasteiger partial charge in [0.15, 0.2) is 8.32 Å². The van der Waals surface area contributed by atoms with E-state index in [1.807, 2.05) is 0 Å². The summed E-state index contributed by atoms with van der Waals surface area (Å²) < 4.78 is 71.6. The smallest absolute Gasteiger partial charge is 0.394 e. The van der Waals surface area contributed by atoms with Crippen molar-refractivity contribution in [3.8, 4) is 11.5 Å². The number of carbonyl (C=O) groups excluding carboxylic acids is 1. The van der Waals surface area contributed by atoms with E-state index in [0.29, 0.717) is 49.4 Å². The molecular formula is C33H44F2N2O8SSi. The average Bonchev–Trinajstić information content (AvgIpc) is 2.96. The molecule has 47 heavy (non-hydrogen) atoms. The molecule has 3 aromatic rings. The molecule has 3 atom stereocenters. The largest absolute Gasteiger partial charge is 0.507 e. The number of phenols is 1. The van der Waals surface area contributed by atoms with Gasteiger partial charge in [0.1, 0.15) is 23.1 Å². The second-order valence-corrected chi connectivity index (χ2v) is 18.5. The Balaban J connectivity index is 0.00000111. The summed E-state index contributed by atoms with van der Waals surface area (Å²) in [6, 6.07) is 16.8. The lowest BCUT2D eigenvalue weighted by atomic mass is 9.78. The fraction of sp³-hybridized carbons (Fsp3) is 0.424. The van der Waals surface area contributed by atoms with E-state index in [1.165, 1.54) is 24.3 Å². The maximum atomic E-state index is 13.8. The molecule has 14 heteroatoms. The number of ether oxygens (including phenoxy) is 1. The number of anilines is 1. The number of benzene rings is 3. The molecule has 1 amide bonds. The normalized spacial score (nSPS) is 17.4. The van der Waals surface area contributed by atoms with Crippen LogP contribution in [0.5, 0.6) is 11.5 Å². The molecule has 10 nitrogen and oxygen atoms in total. The Morgan fingerprint density at radius 1 is 0.979 bits per heavy atom. The van der Waals surface area contributed by atoms with Crippen molar-refractivity contribution in [3.05, 3.63) is 89.5 Å². The Labute approximate surface area is 276 Å². The zero-order valence-electron chi connectivity index (χ0n) is 27.2. The van der Waals surface area contributed by atoms with Gasteiger partial charge in [-0.25, -0.2) is 8.78 Å². The zero-order chi connectivity index (χ0) is 35.2. The monoisotopic (exact) mass is 694 g/mol. The number of aromatic hydroxyl groups is 1. The van der Waals surface area contributed by atoms with Crippen molar-refractivity contribution in [2.45, 2.75) is 70.3 Å². The molecule has 3 unspecified atom stereocenters. The van der Waals surface area contributed by atoms with Gasteiger partial charge in [0.25, 0.3) is 0 Å². The molecule has 0 spiro atoms. The number of β-lactam (4-membered cyclic amide) rings is 1. The van der Waals surface area contributed by atoms with Crippen molar-refractivity contribution >= 4 is 30.3 Å². The van der Waals surface area contributed by atoms with Crippen molar-refractivity contribution < 1.29 is 45.4 Å². The number of nitrogens with two attached hydrogens (primary N) is 1. The van der Waals surface area contributed by atoms with Gasteiger partial charge in [-0.15, -0.1) is 0 Å². The quantitative estimate of drug-likeness (QED) is 0.0678. The van der Waals surface area contributed by atoms with Crippen LogP contribution in [-0.2, 0) is 19.6 Å². The van der Waals surface area contributed by atoms with Crippen molar-refractivity contribution in [2.24, 2.45) is 11.7 Å². The molecule has 1 heterocycles. The molecule has 1 aliphatic rings. The van der Waals surface area contributed by atoms with E-state index in [4.69, 9.17) is 32.4 Å². The first kappa shape index (κ1) is 38.0. The molecule has 1 fully saturated rings. The lowest BCUT2D eigenvalue weighted by Crippen LogP contribution is -2.55. The van der Waals surface area contributed by atoms with Crippen LogP contribution in [0.4, 0.5) is 14.5 Å². The minimum Gasteiger partial charge on any atom is -0.507 e. The lowest BCUT2D eigenvalue weighted by Gasteiger charge is -2.48. The molecule has 0 aromatic heterocycles. The van der Waals surface area contributed by atoms with Crippen molar-refractivity contribution in [1.29, 1.82) is 0 Å². The highest BCUT2D eigenvalue weighted by Crippen LogP contribution is 2.50. The fourth-order valence-corrected chi connectivity index (χ4v) is 6.37. The van der Waals surface area contributed by atoms with Gasteiger partial charge >= 0.3 is 10.4 Å². The van der Waals surface area contributed by atoms with Crippen LogP contribution in [0.3, 0.4) is 0 Å². The number of rotatable bonds is 12. The predicted molar refractivity (Wildman–Crippen MR) is 178 cm³/mol. The van der Waals surface area contributed by atoms with Crippen molar-refractivity contribution in [3.63, 3.8) is 0 Å². The Morgan fingerprint density at radius 3 is 2.04 bits per heavy atom. The maximum Gasteiger partial charge on any atom is 0.394 e. The van der Waals surface area contributed by atoms with Gasteiger partial charge in [0, 0.05) is 17.3 Å². The van der Waals surface area contributed by atoms with Crippen molar-refractivity contribution in [1.82, 2.24) is 0 Å². The van der Waals surface area contributed by atoms with E-state index in [0.717, 1.165) is 5.56 Å². The SMILES string of the molecule is CC(C)(C)[Si](C)(C)OC(CCC1C(=O)N(c2ccc(F)cc2)C1c1ccc(OCCCN)cc1O)c1ccc(F)cc1.O=S(=O)(O)O. The average molecular weight is 695 g/mol. The summed E-state index contributed by atoms with van der Waals surface area (Å²) in [5.74, 6) is -0.747. The third-order valence-corrected chi connectivity index (χ3v) is 13.0. The number of amides is 1. The lowest BCUT2D eigenvalue weighted by molar-refractivity contribution is -0.131. The number of carbonyl (C=O) groups is 1. The van der Waals surface area contributed by atoms with Crippen LogP contribution in [0.1, 0.15) is 63.3 Å². The van der Waals surface area contributed by atoms with E-state index >= 15 is 0 Å². The number of hydrogen-bond donors (Lipinski definition) is 4. The van der Waals surface area contributed by atoms with Crippen LogP contribution in [0, 0.1) is 17.6 Å². The molecular weight excluding hydrogens is 651 g/mol. The summed E-state index contributed by atoms with van der Waals surface area (Å²) in [4.78, 5) is 15.3. The van der Waals surface area contributed by atoms with Gasteiger partial charge in [0.05, 0.1) is 24.7 Å². The minimum absolute atomic E-state index is 0.0162. The molecule has 5 N–H and O–H groups in total. The summed E-state index contributed by atoms with van der Waals surface area (Å²) in [6.07, 6.45) is 1.37. The predicted octanol–water partition coefficient (Wildman–Crippen LogP) is 6.99. The van der Waals surface area contributed by atoms with Gasteiger partial charge in [0.2, 0.25) is 5.91 Å². The van der Waals surface area contributed by atoms with Crippen LogP contribution in [0.25, 0.3) is 0 Å². The Bertz CT molecular complexity index is 1590. The van der Waals surface area contributed by atoms with Gasteiger partial charge in [-0.2, -0.15) is 8.42 Å². The molecule has 258 valence electrons. The van der Waals surface area contributed by atoms with E-state index < -0.39 is 36.5 Å².